The number of anilines is 1. The van der Waals surface area contributed by atoms with E-state index >= 15 is 0 Å². The molecule has 0 radical (unpaired) electrons. The van der Waals surface area contributed by atoms with Gasteiger partial charge in [-0.25, -0.2) is 0 Å². The Kier molecular flexibility index (Phi) is 6.04. The first kappa shape index (κ1) is 19.1. The summed E-state index contributed by atoms with van der Waals surface area (Å²) >= 11 is 1.19. The number of furan rings is 1. The van der Waals surface area contributed by atoms with Crippen molar-refractivity contribution in [1.82, 2.24) is 4.90 Å². The van der Waals surface area contributed by atoms with Gasteiger partial charge < -0.3 is 14.6 Å². The second-order valence-corrected chi connectivity index (χ2v) is 6.97. The van der Waals surface area contributed by atoms with Crippen molar-refractivity contribution >= 4 is 28.2 Å². The van der Waals surface area contributed by atoms with Gasteiger partial charge in [-0.3, -0.25) is 9.59 Å². The van der Waals surface area contributed by atoms with Crippen LogP contribution in [0.2, 0.25) is 0 Å². The smallest absolute Gasteiger partial charge is 0.291 e. The van der Waals surface area contributed by atoms with Crippen LogP contribution >= 0.6 is 11.3 Å². The minimum Gasteiger partial charge on any atom is -0.459 e. The molecule has 2 amide bonds. The highest BCUT2D eigenvalue weighted by molar-refractivity contribution is 7.18. The lowest BCUT2D eigenvalue weighted by Crippen LogP contribution is -2.30. The number of benzene rings is 1. The number of carbonyl (C=O) groups excluding carboxylic acids is 2. The van der Waals surface area contributed by atoms with Gasteiger partial charge in [-0.05, 0) is 42.0 Å². The Balaban J connectivity index is 1.72. The molecule has 0 spiro atoms. The van der Waals surface area contributed by atoms with Gasteiger partial charge in [0.15, 0.2) is 5.76 Å². The normalized spacial score (nSPS) is 10.1. The Morgan fingerprint density at radius 2 is 2.11 bits per heavy atom. The van der Waals surface area contributed by atoms with Crippen molar-refractivity contribution in [3.05, 3.63) is 89.2 Å². The molecule has 0 unspecified atom stereocenters. The van der Waals surface area contributed by atoms with Crippen LogP contribution in [0.5, 0.6) is 0 Å². The van der Waals surface area contributed by atoms with Gasteiger partial charge in [0.05, 0.1) is 27.8 Å². The summed E-state index contributed by atoms with van der Waals surface area (Å²) in [6.07, 6.45) is 3.08. The van der Waals surface area contributed by atoms with Crippen molar-refractivity contribution in [2.75, 3.05) is 11.9 Å². The maximum atomic E-state index is 12.9. The number of carbonyl (C=O) groups is 2. The van der Waals surface area contributed by atoms with Crippen LogP contribution in [-0.4, -0.2) is 23.3 Å². The van der Waals surface area contributed by atoms with Crippen LogP contribution in [0.1, 0.15) is 31.4 Å². The van der Waals surface area contributed by atoms with Crippen molar-refractivity contribution in [2.24, 2.45) is 0 Å². The van der Waals surface area contributed by atoms with E-state index in [1.807, 2.05) is 6.07 Å². The Morgan fingerprint density at radius 1 is 1.25 bits per heavy atom. The molecule has 0 bridgehead atoms. The summed E-state index contributed by atoms with van der Waals surface area (Å²) in [5.41, 5.74) is 1.40. The predicted molar refractivity (Wildman–Crippen MR) is 107 cm³/mol. The molecule has 2 heterocycles. The predicted octanol–water partition coefficient (Wildman–Crippen LogP) is 4.29. The third-order valence-electron chi connectivity index (χ3n) is 3.86. The highest BCUT2D eigenvalue weighted by atomic mass is 32.1. The summed E-state index contributed by atoms with van der Waals surface area (Å²) in [5, 5.41) is 12.3. The Morgan fingerprint density at radius 3 is 2.82 bits per heavy atom. The number of nitrogens with zero attached hydrogens (tertiary/aromatic N) is 2. The second-order valence-electron chi connectivity index (χ2n) is 5.88. The fourth-order valence-corrected chi connectivity index (χ4v) is 3.46. The van der Waals surface area contributed by atoms with E-state index in [-0.39, 0.29) is 17.6 Å². The molecule has 3 aromatic rings. The second kappa shape index (κ2) is 8.84. The molecule has 2 aromatic heterocycles. The molecular formula is C21H17N3O3S. The van der Waals surface area contributed by atoms with Gasteiger partial charge in [0.25, 0.3) is 11.8 Å². The Labute approximate surface area is 166 Å². The minimum atomic E-state index is -0.373. The number of hydrogen-bond donors (Lipinski definition) is 1. The van der Waals surface area contributed by atoms with Crippen LogP contribution in [0.3, 0.4) is 0 Å². The molecule has 0 aliphatic rings. The van der Waals surface area contributed by atoms with Gasteiger partial charge in [0, 0.05) is 13.1 Å². The monoisotopic (exact) mass is 391 g/mol. The summed E-state index contributed by atoms with van der Waals surface area (Å²) in [5.74, 6) is -0.347. The number of amides is 2. The van der Waals surface area contributed by atoms with Gasteiger partial charge in [0.2, 0.25) is 0 Å². The fourth-order valence-electron chi connectivity index (χ4n) is 2.59. The molecule has 3 rings (SSSR count). The largest absolute Gasteiger partial charge is 0.459 e. The molecule has 0 aliphatic carbocycles. The van der Waals surface area contributed by atoms with Crippen molar-refractivity contribution in [3.8, 4) is 6.07 Å². The summed E-state index contributed by atoms with van der Waals surface area (Å²) in [6, 6.07) is 15.8. The van der Waals surface area contributed by atoms with Gasteiger partial charge >= 0.3 is 0 Å². The Bertz CT molecular complexity index is 1030. The van der Waals surface area contributed by atoms with E-state index in [0.29, 0.717) is 28.5 Å². The molecule has 1 aromatic carbocycles. The van der Waals surface area contributed by atoms with E-state index in [0.717, 1.165) is 5.56 Å². The van der Waals surface area contributed by atoms with E-state index in [9.17, 15) is 9.59 Å². The van der Waals surface area contributed by atoms with Gasteiger partial charge in [-0.15, -0.1) is 17.9 Å². The van der Waals surface area contributed by atoms with Crippen LogP contribution in [-0.2, 0) is 6.54 Å². The Hall–Kier alpha value is -3.63. The van der Waals surface area contributed by atoms with Crippen molar-refractivity contribution in [2.45, 2.75) is 6.54 Å². The zero-order valence-corrected chi connectivity index (χ0v) is 15.7. The van der Waals surface area contributed by atoms with E-state index < -0.39 is 0 Å². The molecule has 0 atom stereocenters. The molecule has 1 N–H and O–H groups in total. The van der Waals surface area contributed by atoms with Crippen LogP contribution < -0.4 is 5.32 Å². The van der Waals surface area contributed by atoms with E-state index in [1.165, 1.54) is 17.6 Å². The molecular weight excluding hydrogens is 374 g/mol. The average Bonchev–Trinajstić information content (AvgIpc) is 3.39. The van der Waals surface area contributed by atoms with Crippen molar-refractivity contribution < 1.29 is 14.0 Å². The maximum absolute atomic E-state index is 12.9. The number of rotatable bonds is 7. The van der Waals surface area contributed by atoms with Gasteiger partial charge in [-0.2, -0.15) is 5.26 Å². The average molecular weight is 391 g/mol. The zero-order chi connectivity index (χ0) is 19.9. The van der Waals surface area contributed by atoms with Crippen LogP contribution in [0.15, 0.2) is 71.9 Å². The topological polar surface area (TPSA) is 86.3 Å². The lowest BCUT2D eigenvalue weighted by atomic mass is 10.1. The standard InChI is InChI=1S/C21H17N3O3S/c1-2-10-24(14-16-6-3-5-15(12-16)13-22)21(26)18-8-9-19(28-18)23-20(25)17-7-4-11-27-17/h2-9,11-12H,1,10,14H2,(H,23,25). The van der Waals surface area contributed by atoms with Crippen LogP contribution in [0.4, 0.5) is 5.00 Å². The molecule has 0 saturated heterocycles. The number of hydrogen-bond acceptors (Lipinski definition) is 5. The molecule has 0 aliphatic heterocycles. The SMILES string of the molecule is C=CCN(Cc1cccc(C#N)c1)C(=O)c1ccc(NC(=O)c2ccco2)s1. The van der Waals surface area contributed by atoms with E-state index in [2.05, 4.69) is 18.0 Å². The van der Waals surface area contributed by atoms with Gasteiger partial charge in [0.1, 0.15) is 0 Å². The highest BCUT2D eigenvalue weighted by Gasteiger charge is 2.18. The third-order valence-corrected chi connectivity index (χ3v) is 4.85. The van der Waals surface area contributed by atoms with E-state index in [1.54, 1.807) is 53.4 Å². The zero-order valence-electron chi connectivity index (χ0n) is 14.9. The molecule has 0 saturated carbocycles. The van der Waals surface area contributed by atoms with Gasteiger partial charge in [-0.1, -0.05) is 18.2 Å². The fraction of sp³-hybridized carbons (Fsp3) is 0.0952. The third kappa shape index (κ3) is 4.55. The number of nitrogens with one attached hydrogen (secondary N) is 1. The maximum Gasteiger partial charge on any atom is 0.291 e. The van der Waals surface area contributed by atoms with E-state index in [4.69, 9.17) is 9.68 Å². The number of nitriles is 1. The summed E-state index contributed by atoms with van der Waals surface area (Å²) in [7, 11) is 0. The minimum absolute atomic E-state index is 0.175. The van der Waals surface area contributed by atoms with Crippen LogP contribution in [0.25, 0.3) is 0 Å². The first-order valence-corrected chi connectivity index (χ1v) is 9.26. The molecule has 6 nitrogen and oxygen atoms in total. The molecule has 0 fully saturated rings. The quantitative estimate of drug-likeness (QED) is 0.609. The summed E-state index contributed by atoms with van der Waals surface area (Å²) < 4.78 is 5.06. The first-order chi connectivity index (χ1) is 13.6. The highest BCUT2D eigenvalue weighted by Crippen LogP contribution is 2.24. The lowest BCUT2D eigenvalue weighted by Gasteiger charge is -2.20. The first-order valence-electron chi connectivity index (χ1n) is 8.44. The molecule has 7 heteroatoms. The summed E-state index contributed by atoms with van der Waals surface area (Å²) in [4.78, 5) is 27.1. The molecule has 28 heavy (non-hydrogen) atoms. The number of thiophene rings is 1. The lowest BCUT2D eigenvalue weighted by molar-refractivity contribution is 0.0767. The van der Waals surface area contributed by atoms with Crippen molar-refractivity contribution in [3.63, 3.8) is 0 Å². The molecule has 140 valence electrons. The van der Waals surface area contributed by atoms with Crippen LogP contribution in [0, 0.1) is 11.3 Å². The summed E-state index contributed by atoms with van der Waals surface area (Å²) in [6.45, 7) is 4.43. The van der Waals surface area contributed by atoms with Crippen molar-refractivity contribution in [1.29, 1.82) is 5.26 Å².